The number of hydrogen-bond acceptors (Lipinski definition) is 4. The quantitative estimate of drug-likeness (QED) is 0.623. The molecule has 1 heterocycles. The van der Waals surface area contributed by atoms with Crippen LogP contribution in [0, 0.1) is 5.92 Å². The van der Waals surface area contributed by atoms with Crippen molar-refractivity contribution >= 4 is 15.7 Å². The lowest BCUT2D eigenvalue weighted by molar-refractivity contribution is 0.188. The van der Waals surface area contributed by atoms with Gasteiger partial charge in [0.25, 0.3) is 0 Å². The van der Waals surface area contributed by atoms with E-state index >= 15 is 0 Å². The largest absolute Gasteiger partial charge is 0.385 e. The van der Waals surface area contributed by atoms with Gasteiger partial charge in [0.15, 0.2) is 0 Å². The Labute approximate surface area is 183 Å². The zero-order chi connectivity index (χ0) is 21.8. The van der Waals surface area contributed by atoms with Crippen LogP contribution in [0.4, 0.5) is 0 Å². The van der Waals surface area contributed by atoms with Crippen LogP contribution in [-0.4, -0.2) is 51.3 Å². The van der Waals surface area contributed by atoms with Gasteiger partial charge in [0.1, 0.15) is 0 Å². The van der Waals surface area contributed by atoms with Crippen molar-refractivity contribution in [3.05, 3.63) is 41.5 Å². The molecule has 0 atom stereocenters. The smallest absolute Gasteiger partial charge is 0.214 e. The predicted molar refractivity (Wildman–Crippen MR) is 126 cm³/mol. The topological polar surface area (TPSA) is 61.4 Å². The van der Waals surface area contributed by atoms with Crippen LogP contribution in [0.5, 0.6) is 0 Å². The van der Waals surface area contributed by atoms with Crippen LogP contribution in [0.3, 0.4) is 0 Å². The molecule has 1 saturated heterocycles. The van der Waals surface area contributed by atoms with Crippen molar-refractivity contribution in [1.29, 1.82) is 0 Å². The normalized spacial score (nSPS) is 19.8. The van der Waals surface area contributed by atoms with Gasteiger partial charge in [0, 0.05) is 25.3 Å². The fourth-order valence-corrected chi connectivity index (χ4v) is 5.40. The molecule has 1 aliphatic carbocycles. The maximum atomic E-state index is 11.9. The monoisotopic (exact) mass is 433 g/mol. The maximum Gasteiger partial charge on any atom is 0.214 e. The Morgan fingerprint density at radius 2 is 1.73 bits per heavy atom. The second-order valence-corrected chi connectivity index (χ2v) is 11.9. The number of allylic oxidation sites excluding steroid dienone is 1. The Hall–Kier alpha value is -1.37. The van der Waals surface area contributed by atoms with Gasteiger partial charge in [-0.2, -0.15) is 0 Å². The van der Waals surface area contributed by atoms with E-state index in [0.29, 0.717) is 12.5 Å². The molecular weight excluding hydrogens is 394 g/mol. The first-order valence-corrected chi connectivity index (χ1v) is 13.0. The Balaban J connectivity index is 1.39. The molecule has 30 heavy (non-hydrogen) atoms. The summed E-state index contributed by atoms with van der Waals surface area (Å²) in [6.45, 7) is 13.2. The van der Waals surface area contributed by atoms with E-state index < -0.39 is 10.0 Å². The van der Waals surface area contributed by atoms with Gasteiger partial charge in [0.2, 0.25) is 10.0 Å². The summed E-state index contributed by atoms with van der Waals surface area (Å²) in [5.41, 5.74) is 3.97. The van der Waals surface area contributed by atoms with Crippen molar-refractivity contribution in [3.8, 4) is 0 Å². The summed E-state index contributed by atoms with van der Waals surface area (Å²) in [5.74, 6) is 0.660. The molecule has 1 aliphatic heterocycles. The third kappa shape index (κ3) is 6.56. The first kappa shape index (κ1) is 23.3. The highest BCUT2D eigenvalue weighted by molar-refractivity contribution is 7.90. The molecule has 1 aromatic rings. The number of sulfonamides is 1. The van der Waals surface area contributed by atoms with Gasteiger partial charge in [0.05, 0.1) is 5.25 Å². The summed E-state index contributed by atoms with van der Waals surface area (Å²) in [6.07, 6.45) is 6.11. The molecule has 2 aliphatic rings. The fourth-order valence-electron chi connectivity index (χ4n) is 4.03. The van der Waals surface area contributed by atoms with Gasteiger partial charge >= 0.3 is 0 Å². The van der Waals surface area contributed by atoms with E-state index in [9.17, 15) is 8.42 Å². The molecular formula is C24H39N3O2S. The fraction of sp³-hybridized carbons (Fsp3) is 0.667. The Morgan fingerprint density at radius 3 is 2.27 bits per heavy atom. The number of likely N-dealkylation sites (tertiary alicyclic amines) is 1. The Kier molecular flexibility index (Phi) is 7.64. The van der Waals surface area contributed by atoms with Gasteiger partial charge < -0.3 is 10.2 Å². The van der Waals surface area contributed by atoms with Gasteiger partial charge in [-0.3, -0.25) is 0 Å². The number of hydrogen-bond donors (Lipinski definition) is 2. The van der Waals surface area contributed by atoms with Crippen LogP contribution in [0.2, 0.25) is 0 Å². The maximum absolute atomic E-state index is 11.9. The third-order valence-electron chi connectivity index (χ3n) is 6.33. The van der Waals surface area contributed by atoms with Crippen LogP contribution in [0.15, 0.2) is 30.3 Å². The van der Waals surface area contributed by atoms with Crippen molar-refractivity contribution < 1.29 is 8.42 Å². The highest BCUT2D eigenvalue weighted by atomic mass is 32.2. The molecule has 0 amide bonds. The third-order valence-corrected chi connectivity index (χ3v) is 8.29. The average Bonchev–Trinajstić information content (AvgIpc) is 3.55. The van der Waals surface area contributed by atoms with Crippen LogP contribution in [0.1, 0.15) is 64.5 Å². The van der Waals surface area contributed by atoms with Crippen LogP contribution >= 0.6 is 0 Å². The van der Waals surface area contributed by atoms with Gasteiger partial charge in [-0.25, -0.2) is 13.1 Å². The van der Waals surface area contributed by atoms with Crippen molar-refractivity contribution in [1.82, 2.24) is 14.9 Å². The minimum absolute atomic E-state index is 0.125. The molecule has 5 nitrogen and oxygen atoms in total. The summed E-state index contributed by atoms with van der Waals surface area (Å²) in [7, 11) is -3.05. The lowest BCUT2D eigenvalue weighted by Gasteiger charge is -2.32. The summed E-state index contributed by atoms with van der Waals surface area (Å²) in [4.78, 5) is 2.38. The molecule has 2 fully saturated rings. The molecule has 6 heteroatoms. The van der Waals surface area contributed by atoms with E-state index in [4.69, 9.17) is 0 Å². The Morgan fingerprint density at radius 1 is 1.10 bits per heavy atom. The highest BCUT2D eigenvalue weighted by Crippen LogP contribution is 2.27. The molecule has 3 rings (SSSR count). The van der Waals surface area contributed by atoms with Gasteiger partial charge in [-0.1, -0.05) is 51.1 Å². The number of rotatable bonds is 9. The van der Waals surface area contributed by atoms with Crippen molar-refractivity contribution in [2.75, 3.05) is 32.7 Å². The predicted octanol–water partition coefficient (Wildman–Crippen LogP) is 3.73. The van der Waals surface area contributed by atoms with Gasteiger partial charge in [-0.05, 0) is 68.2 Å². The molecule has 0 aromatic heterocycles. The van der Waals surface area contributed by atoms with E-state index in [0.717, 1.165) is 51.9 Å². The minimum atomic E-state index is -3.05. The molecule has 0 spiro atoms. The molecule has 1 saturated carbocycles. The summed E-state index contributed by atoms with van der Waals surface area (Å²) in [6, 6.07) is 8.90. The number of nitrogens with zero attached hydrogens (tertiary/aromatic N) is 1. The summed E-state index contributed by atoms with van der Waals surface area (Å²) >= 11 is 0. The lowest BCUT2D eigenvalue weighted by atomic mass is 9.86. The highest BCUT2D eigenvalue weighted by Gasteiger charge is 2.35. The first-order chi connectivity index (χ1) is 14.2. The molecule has 0 radical (unpaired) electrons. The Bertz CT molecular complexity index is 813. The lowest BCUT2D eigenvalue weighted by Crippen LogP contribution is -2.41. The van der Waals surface area contributed by atoms with Crippen molar-refractivity contribution in [3.63, 3.8) is 0 Å². The van der Waals surface area contributed by atoms with Crippen LogP contribution in [0.25, 0.3) is 5.70 Å². The van der Waals surface area contributed by atoms with E-state index in [2.05, 4.69) is 73.0 Å². The second kappa shape index (κ2) is 9.84. The van der Waals surface area contributed by atoms with Crippen molar-refractivity contribution in [2.45, 2.75) is 64.0 Å². The molecule has 1 aromatic carbocycles. The van der Waals surface area contributed by atoms with E-state index in [1.165, 1.54) is 16.8 Å². The SMILES string of the molecule is C/C=C(/NCC1CCN(CCNS(=O)(=O)C2CC2)CC1)c1ccc(C(C)(C)C)cc1. The zero-order valence-corrected chi connectivity index (χ0v) is 19.9. The van der Waals surface area contributed by atoms with Crippen LogP contribution in [-0.2, 0) is 15.4 Å². The number of nitrogens with one attached hydrogen (secondary N) is 2. The number of piperidine rings is 1. The van der Waals surface area contributed by atoms with Gasteiger partial charge in [-0.15, -0.1) is 0 Å². The van der Waals surface area contributed by atoms with E-state index in [-0.39, 0.29) is 10.7 Å². The number of benzene rings is 1. The molecule has 168 valence electrons. The zero-order valence-electron chi connectivity index (χ0n) is 19.1. The summed E-state index contributed by atoms with van der Waals surface area (Å²) in [5, 5.41) is 3.54. The first-order valence-electron chi connectivity index (χ1n) is 11.4. The van der Waals surface area contributed by atoms with Crippen molar-refractivity contribution in [2.24, 2.45) is 5.92 Å². The molecule has 2 N–H and O–H groups in total. The minimum Gasteiger partial charge on any atom is -0.385 e. The summed E-state index contributed by atoms with van der Waals surface area (Å²) < 4.78 is 26.6. The average molecular weight is 434 g/mol. The standard InChI is InChI=1S/C24H39N3O2S/c1-5-23(20-6-8-21(9-7-20)24(2,3)4)25-18-19-12-15-27(16-13-19)17-14-26-30(28,29)22-10-11-22/h5-9,19,22,25-26H,10-18H2,1-4H3/b23-5+. The molecule has 0 bridgehead atoms. The molecule has 0 unspecified atom stereocenters. The van der Waals surface area contributed by atoms with E-state index in [1.807, 2.05) is 0 Å². The van der Waals surface area contributed by atoms with Crippen LogP contribution < -0.4 is 10.0 Å². The second-order valence-electron chi connectivity index (χ2n) is 9.83. The van der Waals surface area contributed by atoms with E-state index in [1.54, 1.807) is 0 Å².